The highest BCUT2D eigenvalue weighted by Crippen LogP contribution is 2.25. The minimum atomic E-state index is -0.0590. The van der Waals surface area contributed by atoms with Gasteiger partial charge >= 0.3 is 0 Å². The average molecular weight is 498 g/mol. The lowest BCUT2D eigenvalue weighted by molar-refractivity contribution is 0.0749. The topological polar surface area (TPSA) is 35.6 Å². The zero-order valence-corrected chi connectivity index (χ0v) is 22.0. The summed E-state index contributed by atoms with van der Waals surface area (Å²) in [4.78, 5) is 17.7. The smallest absolute Gasteiger partial charge is 0.256 e. The third-order valence-electron chi connectivity index (χ3n) is 5.93. The number of likely N-dealkylation sites (N-methyl/N-ethyl adjacent to an activating group) is 1. The van der Waals surface area contributed by atoms with Crippen molar-refractivity contribution in [1.29, 1.82) is 0 Å². The lowest BCUT2D eigenvalue weighted by atomic mass is 9.87. The van der Waals surface area contributed by atoms with Crippen LogP contribution in [0.15, 0.2) is 66.7 Å². The molecular formula is C28H33Cl2N3O. The molecule has 34 heavy (non-hydrogen) atoms. The molecule has 6 heteroatoms. The second-order valence-corrected chi connectivity index (χ2v) is 10.4. The molecule has 0 aromatic heterocycles. The Morgan fingerprint density at radius 1 is 0.882 bits per heavy atom. The van der Waals surface area contributed by atoms with Gasteiger partial charge in [0.2, 0.25) is 0 Å². The van der Waals surface area contributed by atoms with E-state index in [2.05, 4.69) is 55.3 Å². The van der Waals surface area contributed by atoms with Crippen LogP contribution < -0.4 is 10.2 Å². The van der Waals surface area contributed by atoms with Gasteiger partial charge in [-0.2, -0.15) is 0 Å². The highest BCUT2D eigenvalue weighted by atomic mass is 35.5. The normalized spacial score (nSPS) is 11.3. The van der Waals surface area contributed by atoms with Gasteiger partial charge in [-0.05, 0) is 59.0 Å². The van der Waals surface area contributed by atoms with Crippen molar-refractivity contribution < 1.29 is 4.79 Å². The van der Waals surface area contributed by atoms with Crippen molar-refractivity contribution in [3.8, 4) is 0 Å². The zero-order chi connectivity index (χ0) is 24.9. The molecule has 3 rings (SSSR count). The summed E-state index contributed by atoms with van der Waals surface area (Å²) in [5.74, 6) is -0.0590. The molecule has 3 aromatic carbocycles. The third kappa shape index (κ3) is 6.68. The van der Waals surface area contributed by atoms with Crippen molar-refractivity contribution in [2.75, 3.05) is 37.4 Å². The molecule has 0 aliphatic carbocycles. The number of amides is 1. The Bertz CT molecular complexity index is 1110. The van der Waals surface area contributed by atoms with Crippen LogP contribution in [0.2, 0.25) is 10.0 Å². The predicted molar refractivity (Wildman–Crippen MR) is 146 cm³/mol. The summed E-state index contributed by atoms with van der Waals surface area (Å²) >= 11 is 12.3. The second kappa shape index (κ2) is 11.2. The van der Waals surface area contributed by atoms with E-state index in [0.717, 1.165) is 16.9 Å². The van der Waals surface area contributed by atoms with E-state index in [1.165, 1.54) is 5.56 Å². The molecule has 180 valence electrons. The highest BCUT2D eigenvalue weighted by molar-refractivity contribution is 6.31. The second-order valence-electron chi connectivity index (χ2n) is 9.51. The zero-order valence-electron chi connectivity index (χ0n) is 20.5. The molecule has 0 spiro atoms. The van der Waals surface area contributed by atoms with Crippen LogP contribution in [0.1, 0.15) is 42.3 Å². The van der Waals surface area contributed by atoms with E-state index >= 15 is 0 Å². The van der Waals surface area contributed by atoms with E-state index in [1.54, 1.807) is 12.1 Å². The molecule has 3 aromatic rings. The first-order chi connectivity index (χ1) is 16.1. The first-order valence-electron chi connectivity index (χ1n) is 11.4. The van der Waals surface area contributed by atoms with Crippen molar-refractivity contribution in [3.05, 3.63) is 93.5 Å². The van der Waals surface area contributed by atoms with Gasteiger partial charge in [-0.3, -0.25) is 4.79 Å². The van der Waals surface area contributed by atoms with Crippen molar-refractivity contribution >= 4 is 40.5 Å². The number of carbonyl (C=O) groups is 1. The van der Waals surface area contributed by atoms with Crippen LogP contribution in [0.5, 0.6) is 0 Å². The molecule has 0 saturated carbocycles. The Labute approximate surface area is 213 Å². The van der Waals surface area contributed by atoms with E-state index < -0.39 is 0 Å². The third-order valence-corrected chi connectivity index (χ3v) is 6.42. The maximum Gasteiger partial charge on any atom is 0.256 e. The molecular weight excluding hydrogens is 465 g/mol. The Morgan fingerprint density at radius 2 is 1.50 bits per heavy atom. The molecule has 0 radical (unpaired) electrons. The molecule has 4 nitrogen and oxygen atoms in total. The van der Waals surface area contributed by atoms with Gasteiger partial charge < -0.3 is 15.1 Å². The molecule has 1 amide bonds. The van der Waals surface area contributed by atoms with Gasteiger partial charge in [-0.25, -0.2) is 0 Å². The predicted octanol–water partition coefficient (Wildman–Crippen LogP) is 7.11. The van der Waals surface area contributed by atoms with Crippen LogP contribution in [-0.2, 0) is 12.0 Å². The number of carbonyl (C=O) groups excluding carboxylic acids is 1. The Balaban J connectivity index is 1.85. The number of hydrogen-bond acceptors (Lipinski definition) is 3. The van der Waals surface area contributed by atoms with Crippen LogP contribution in [-0.4, -0.2) is 38.0 Å². The van der Waals surface area contributed by atoms with E-state index in [0.29, 0.717) is 35.2 Å². The van der Waals surface area contributed by atoms with Crippen molar-refractivity contribution in [2.45, 2.75) is 32.7 Å². The fourth-order valence-corrected chi connectivity index (χ4v) is 4.06. The number of anilines is 2. The fraction of sp³-hybridized carbons (Fsp3) is 0.321. The number of benzene rings is 3. The van der Waals surface area contributed by atoms with Crippen LogP contribution in [0.4, 0.5) is 11.4 Å². The van der Waals surface area contributed by atoms with E-state index in [-0.39, 0.29) is 11.3 Å². The summed E-state index contributed by atoms with van der Waals surface area (Å²) in [5, 5.41) is 4.35. The van der Waals surface area contributed by atoms with Gasteiger partial charge in [0, 0.05) is 55.1 Å². The highest BCUT2D eigenvalue weighted by Gasteiger charge is 2.21. The summed E-state index contributed by atoms with van der Waals surface area (Å²) in [6.45, 7) is 8.32. The summed E-state index contributed by atoms with van der Waals surface area (Å²) in [6.07, 6.45) is 0. The minimum Gasteiger partial charge on any atom is -0.387 e. The van der Waals surface area contributed by atoms with Crippen molar-refractivity contribution in [3.63, 3.8) is 0 Å². The average Bonchev–Trinajstić information content (AvgIpc) is 2.81. The van der Waals surface area contributed by atoms with Gasteiger partial charge in [0.05, 0.1) is 5.56 Å². The lowest BCUT2D eigenvalue weighted by Crippen LogP contribution is -2.37. The largest absolute Gasteiger partial charge is 0.387 e. The number of nitrogens with zero attached hydrogens (tertiary/aromatic N) is 2. The number of nitrogens with one attached hydrogen (secondary N) is 1. The van der Waals surface area contributed by atoms with Crippen LogP contribution in [0.25, 0.3) is 0 Å². The van der Waals surface area contributed by atoms with E-state index in [9.17, 15) is 4.79 Å². The number of halogens is 2. The first-order valence-corrected chi connectivity index (χ1v) is 12.2. The maximum absolute atomic E-state index is 13.7. The standard InChI is InChI=1S/C28H33Cl2N3O/c1-28(2,3)21-8-6-20(7-9-21)19-33(17-16-32(5)24-13-10-22(29)11-14-24)27(34)25-18-23(30)12-15-26(25)31-4/h6-15,18,31H,16-17,19H2,1-5H3. The number of hydrogen-bond donors (Lipinski definition) is 1. The van der Waals surface area contributed by atoms with Crippen LogP contribution in [0.3, 0.4) is 0 Å². The lowest BCUT2D eigenvalue weighted by Gasteiger charge is -2.28. The molecule has 0 fully saturated rings. The van der Waals surface area contributed by atoms with Crippen molar-refractivity contribution in [1.82, 2.24) is 4.90 Å². The Kier molecular flexibility index (Phi) is 8.51. The summed E-state index contributed by atoms with van der Waals surface area (Å²) < 4.78 is 0. The molecule has 0 unspecified atom stereocenters. The maximum atomic E-state index is 13.7. The molecule has 0 aliphatic rings. The molecule has 0 atom stereocenters. The summed E-state index contributed by atoms with van der Waals surface area (Å²) in [5.41, 5.74) is 4.80. The quantitative estimate of drug-likeness (QED) is 0.360. The molecule has 0 aliphatic heterocycles. The Morgan fingerprint density at radius 3 is 2.09 bits per heavy atom. The molecule has 0 bridgehead atoms. The number of rotatable bonds is 8. The summed E-state index contributed by atoms with van der Waals surface area (Å²) in [7, 11) is 3.83. The Hall–Kier alpha value is -2.69. The van der Waals surface area contributed by atoms with Crippen LogP contribution in [0, 0.1) is 0 Å². The first kappa shape index (κ1) is 25.9. The van der Waals surface area contributed by atoms with Gasteiger partial charge in [0.15, 0.2) is 0 Å². The van der Waals surface area contributed by atoms with Gasteiger partial charge in [-0.15, -0.1) is 0 Å². The molecule has 0 heterocycles. The van der Waals surface area contributed by atoms with Crippen molar-refractivity contribution in [2.24, 2.45) is 0 Å². The SMILES string of the molecule is CNc1ccc(Cl)cc1C(=O)N(CCN(C)c1ccc(Cl)cc1)Cc1ccc(C(C)(C)C)cc1. The molecule has 0 saturated heterocycles. The van der Waals surface area contributed by atoms with E-state index in [1.807, 2.05) is 49.3 Å². The molecule has 1 N–H and O–H groups in total. The summed E-state index contributed by atoms with van der Waals surface area (Å²) in [6, 6.07) is 21.6. The van der Waals surface area contributed by atoms with Crippen LogP contribution >= 0.6 is 23.2 Å². The fourth-order valence-electron chi connectivity index (χ4n) is 3.76. The monoisotopic (exact) mass is 497 g/mol. The van der Waals surface area contributed by atoms with Gasteiger partial charge in [-0.1, -0.05) is 68.2 Å². The van der Waals surface area contributed by atoms with E-state index in [4.69, 9.17) is 23.2 Å². The van der Waals surface area contributed by atoms with Gasteiger partial charge in [0.25, 0.3) is 5.91 Å². The van der Waals surface area contributed by atoms with Gasteiger partial charge in [0.1, 0.15) is 0 Å². The minimum absolute atomic E-state index is 0.0590.